The molecule has 0 amide bonds. The third-order valence-electron chi connectivity index (χ3n) is 1.58. The largest absolute Gasteiger partial charge is 0.476 e. The van der Waals surface area contributed by atoms with Crippen LogP contribution in [0.15, 0.2) is 31.0 Å². The van der Waals surface area contributed by atoms with E-state index in [-0.39, 0.29) is 30.5 Å². The van der Waals surface area contributed by atoms with Crippen molar-refractivity contribution in [2.45, 2.75) is 0 Å². The molecular weight excluding hydrogens is 255 g/mol. The fourth-order valence-corrected chi connectivity index (χ4v) is 0.967. The third-order valence-corrected chi connectivity index (χ3v) is 1.58. The molecule has 8 heteroatoms. The van der Waals surface area contributed by atoms with Crippen molar-refractivity contribution in [1.29, 1.82) is 0 Å². The zero-order chi connectivity index (χ0) is 9.97. The van der Waals surface area contributed by atoms with Gasteiger partial charge in [-0.15, -0.1) is 24.8 Å². The lowest BCUT2D eigenvalue weighted by molar-refractivity contribution is 0.0691. The average Bonchev–Trinajstić information content (AvgIpc) is 2.68. The van der Waals surface area contributed by atoms with Crippen LogP contribution in [0.25, 0.3) is 5.95 Å². The topological polar surface area (TPSA) is 80.9 Å². The highest BCUT2D eigenvalue weighted by atomic mass is 35.5. The lowest BCUT2D eigenvalue weighted by Gasteiger charge is -1.95. The molecule has 0 aliphatic rings. The van der Waals surface area contributed by atoms with Crippen molar-refractivity contribution < 1.29 is 9.90 Å². The van der Waals surface area contributed by atoms with Gasteiger partial charge >= 0.3 is 5.97 Å². The molecule has 0 atom stereocenters. The molecule has 0 aliphatic heterocycles. The standard InChI is InChI=1S/C8H6N4O2.2ClH/c13-7(14)6-4-12(5-11-6)8-9-2-1-3-10-8;;/h1-5H,(H,13,14);2*1H. The lowest BCUT2D eigenvalue weighted by atomic mass is 10.5. The normalized spacial score (nSPS) is 8.75. The molecular formula is C8H8Cl2N4O2. The Morgan fingerprint density at radius 3 is 2.31 bits per heavy atom. The molecule has 0 aliphatic carbocycles. The van der Waals surface area contributed by atoms with E-state index in [2.05, 4.69) is 15.0 Å². The Balaban J connectivity index is 0.00000112. The van der Waals surface area contributed by atoms with Gasteiger partial charge in [0.2, 0.25) is 5.95 Å². The van der Waals surface area contributed by atoms with Crippen LogP contribution < -0.4 is 0 Å². The molecule has 86 valence electrons. The molecule has 0 fully saturated rings. The molecule has 1 N–H and O–H groups in total. The van der Waals surface area contributed by atoms with E-state index in [1.165, 1.54) is 17.1 Å². The first-order chi connectivity index (χ1) is 6.77. The Bertz CT molecular complexity index is 460. The molecule has 0 bridgehead atoms. The molecule has 0 saturated heterocycles. The van der Waals surface area contributed by atoms with Gasteiger partial charge in [0.15, 0.2) is 5.69 Å². The van der Waals surface area contributed by atoms with Crippen LogP contribution >= 0.6 is 24.8 Å². The number of carboxylic acids is 1. The van der Waals surface area contributed by atoms with Crippen molar-refractivity contribution >= 4 is 30.8 Å². The van der Waals surface area contributed by atoms with Gasteiger partial charge in [-0.2, -0.15) is 0 Å². The number of aromatic carboxylic acids is 1. The Morgan fingerprint density at radius 1 is 1.19 bits per heavy atom. The van der Waals surface area contributed by atoms with Gasteiger partial charge < -0.3 is 5.11 Å². The third kappa shape index (κ3) is 2.91. The van der Waals surface area contributed by atoms with Crippen LogP contribution in [-0.2, 0) is 0 Å². The summed E-state index contributed by atoms with van der Waals surface area (Å²) >= 11 is 0. The molecule has 0 saturated carbocycles. The van der Waals surface area contributed by atoms with Crippen LogP contribution in [0.1, 0.15) is 10.5 Å². The molecule has 2 aromatic rings. The fourth-order valence-electron chi connectivity index (χ4n) is 0.967. The Hall–Kier alpha value is -1.66. The van der Waals surface area contributed by atoms with E-state index in [4.69, 9.17) is 5.11 Å². The van der Waals surface area contributed by atoms with E-state index >= 15 is 0 Å². The quantitative estimate of drug-likeness (QED) is 0.880. The molecule has 0 unspecified atom stereocenters. The molecule has 0 spiro atoms. The first-order valence-electron chi connectivity index (χ1n) is 3.82. The molecule has 2 rings (SSSR count). The molecule has 16 heavy (non-hydrogen) atoms. The first kappa shape index (κ1) is 14.3. The van der Waals surface area contributed by atoms with Gasteiger partial charge in [-0.25, -0.2) is 19.7 Å². The van der Waals surface area contributed by atoms with Crippen molar-refractivity contribution in [3.05, 3.63) is 36.7 Å². The number of rotatable bonds is 2. The first-order valence-corrected chi connectivity index (χ1v) is 3.82. The summed E-state index contributed by atoms with van der Waals surface area (Å²) in [5.41, 5.74) is -0.0301. The van der Waals surface area contributed by atoms with Crippen molar-refractivity contribution in [3.8, 4) is 5.95 Å². The Morgan fingerprint density at radius 2 is 1.81 bits per heavy atom. The summed E-state index contributed by atoms with van der Waals surface area (Å²) in [6.07, 6.45) is 5.86. The summed E-state index contributed by atoms with van der Waals surface area (Å²) in [6.45, 7) is 0. The van der Waals surface area contributed by atoms with Gasteiger partial charge in [0.1, 0.15) is 6.33 Å². The average molecular weight is 263 g/mol. The van der Waals surface area contributed by atoms with Crippen LogP contribution in [0.5, 0.6) is 0 Å². The van der Waals surface area contributed by atoms with Gasteiger partial charge in [-0.3, -0.25) is 4.57 Å². The maximum atomic E-state index is 10.5. The second-order valence-corrected chi connectivity index (χ2v) is 2.52. The van der Waals surface area contributed by atoms with E-state index in [0.717, 1.165) is 0 Å². The molecule has 0 radical (unpaired) electrons. The summed E-state index contributed by atoms with van der Waals surface area (Å²) in [4.78, 5) is 22.1. The predicted octanol–water partition coefficient (Wildman–Crippen LogP) is 1.20. The maximum Gasteiger partial charge on any atom is 0.356 e. The number of aromatic nitrogens is 4. The van der Waals surface area contributed by atoms with E-state index in [9.17, 15) is 4.79 Å². The second-order valence-electron chi connectivity index (χ2n) is 2.52. The van der Waals surface area contributed by atoms with Crippen LogP contribution in [0.4, 0.5) is 0 Å². The van der Waals surface area contributed by atoms with Crippen molar-refractivity contribution in [2.24, 2.45) is 0 Å². The number of imidazole rings is 1. The minimum absolute atomic E-state index is 0. The minimum atomic E-state index is -1.07. The van der Waals surface area contributed by atoms with E-state index in [0.29, 0.717) is 5.95 Å². The van der Waals surface area contributed by atoms with Crippen LogP contribution in [0.2, 0.25) is 0 Å². The second kappa shape index (κ2) is 6.04. The molecule has 0 aromatic carbocycles. The number of halogens is 2. The summed E-state index contributed by atoms with van der Waals surface area (Å²) in [7, 11) is 0. The number of carboxylic acid groups (broad SMARTS) is 1. The fraction of sp³-hybridized carbons (Fsp3) is 0. The Labute approximate surface area is 103 Å². The van der Waals surface area contributed by atoms with Crippen LogP contribution in [-0.4, -0.2) is 30.6 Å². The summed E-state index contributed by atoms with van der Waals surface area (Å²) in [5.74, 6) is -0.674. The van der Waals surface area contributed by atoms with E-state index < -0.39 is 5.97 Å². The summed E-state index contributed by atoms with van der Waals surface area (Å²) < 4.78 is 1.45. The van der Waals surface area contributed by atoms with Gasteiger partial charge in [0.25, 0.3) is 0 Å². The van der Waals surface area contributed by atoms with Crippen molar-refractivity contribution in [2.75, 3.05) is 0 Å². The maximum absolute atomic E-state index is 10.5. The van der Waals surface area contributed by atoms with Gasteiger partial charge in [0.05, 0.1) is 0 Å². The zero-order valence-corrected chi connectivity index (χ0v) is 9.48. The minimum Gasteiger partial charge on any atom is -0.476 e. The monoisotopic (exact) mass is 262 g/mol. The van der Waals surface area contributed by atoms with Crippen molar-refractivity contribution in [3.63, 3.8) is 0 Å². The predicted molar refractivity (Wildman–Crippen MR) is 60.6 cm³/mol. The zero-order valence-electron chi connectivity index (χ0n) is 7.85. The Kier molecular flexibility index (Phi) is 5.41. The number of carbonyl (C=O) groups is 1. The van der Waals surface area contributed by atoms with Crippen LogP contribution in [0.3, 0.4) is 0 Å². The highest BCUT2D eigenvalue weighted by Gasteiger charge is 2.07. The number of hydrogen-bond donors (Lipinski definition) is 1. The summed E-state index contributed by atoms with van der Waals surface area (Å²) in [6, 6.07) is 1.68. The lowest BCUT2D eigenvalue weighted by Crippen LogP contribution is -1.98. The van der Waals surface area contributed by atoms with Gasteiger partial charge in [-0.05, 0) is 6.07 Å². The number of nitrogens with zero attached hydrogens (tertiary/aromatic N) is 4. The number of hydrogen-bond acceptors (Lipinski definition) is 4. The molecule has 6 nitrogen and oxygen atoms in total. The highest BCUT2D eigenvalue weighted by molar-refractivity contribution is 5.85. The summed E-state index contributed by atoms with van der Waals surface area (Å²) in [5, 5.41) is 8.63. The highest BCUT2D eigenvalue weighted by Crippen LogP contribution is 2.01. The smallest absolute Gasteiger partial charge is 0.356 e. The van der Waals surface area contributed by atoms with E-state index in [1.807, 2.05) is 0 Å². The van der Waals surface area contributed by atoms with Gasteiger partial charge in [-0.1, -0.05) is 0 Å². The van der Waals surface area contributed by atoms with Crippen LogP contribution in [0, 0.1) is 0 Å². The SMILES string of the molecule is Cl.Cl.O=C(O)c1cn(-c2ncccn2)cn1. The van der Waals surface area contributed by atoms with Crippen molar-refractivity contribution in [1.82, 2.24) is 19.5 Å². The van der Waals surface area contributed by atoms with E-state index in [1.54, 1.807) is 18.5 Å². The molecule has 2 heterocycles. The molecule has 2 aromatic heterocycles. The van der Waals surface area contributed by atoms with Gasteiger partial charge in [0, 0.05) is 18.6 Å².